The largest absolute Gasteiger partial charge is 0.327 e. The van der Waals surface area contributed by atoms with E-state index in [2.05, 4.69) is 11.9 Å². The van der Waals surface area contributed by atoms with E-state index in [4.69, 9.17) is 5.73 Å². The van der Waals surface area contributed by atoms with E-state index in [-0.39, 0.29) is 0 Å². The minimum Gasteiger partial charge on any atom is -0.327 e. The van der Waals surface area contributed by atoms with Crippen LogP contribution in [-0.2, 0) is 0 Å². The molecule has 2 nitrogen and oxygen atoms in total. The Morgan fingerprint density at radius 3 is 2.27 bits per heavy atom. The van der Waals surface area contributed by atoms with E-state index in [1.807, 2.05) is 0 Å². The van der Waals surface area contributed by atoms with Gasteiger partial charge in [0.05, 0.1) is 0 Å². The maximum absolute atomic E-state index is 6.02. The number of hydrogen-bond donors (Lipinski definition) is 1. The molecule has 1 saturated carbocycles. The van der Waals surface area contributed by atoms with Crippen LogP contribution in [0.2, 0.25) is 0 Å². The Bertz CT molecular complexity index is 148. The Morgan fingerprint density at radius 1 is 1.27 bits per heavy atom. The van der Waals surface area contributed by atoms with E-state index in [1.54, 1.807) is 0 Å². The van der Waals surface area contributed by atoms with Gasteiger partial charge in [0.2, 0.25) is 0 Å². The predicted octanol–water partition coefficient (Wildman–Crippen LogP) is 0.820. The van der Waals surface area contributed by atoms with Crippen molar-refractivity contribution >= 4 is 0 Å². The second-order valence-corrected chi connectivity index (χ2v) is 4.31. The molecule has 0 aromatic heterocycles. The van der Waals surface area contributed by atoms with Crippen molar-refractivity contribution in [1.29, 1.82) is 0 Å². The summed E-state index contributed by atoms with van der Waals surface area (Å²) in [4.78, 5) is 2.41. The van der Waals surface area contributed by atoms with Gasteiger partial charge in [-0.2, -0.15) is 0 Å². The summed E-state index contributed by atoms with van der Waals surface area (Å²) in [7, 11) is 2.21. The molecule has 2 fully saturated rings. The minimum absolute atomic E-state index is 0.524. The van der Waals surface area contributed by atoms with Crippen LogP contribution in [0.3, 0.4) is 0 Å². The maximum Gasteiger partial charge on any atom is 0.00967 e. The average molecular weight is 154 g/mol. The Morgan fingerprint density at radius 2 is 1.91 bits per heavy atom. The van der Waals surface area contributed by atoms with Gasteiger partial charge < -0.3 is 10.6 Å². The molecule has 2 aliphatic rings. The highest BCUT2D eigenvalue weighted by molar-refractivity contribution is 5.00. The third-order valence-corrected chi connectivity index (χ3v) is 3.72. The van der Waals surface area contributed by atoms with Gasteiger partial charge in [-0.15, -0.1) is 0 Å². The zero-order valence-corrected chi connectivity index (χ0v) is 7.34. The number of hydrogen-bond acceptors (Lipinski definition) is 2. The number of likely N-dealkylation sites (tertiary alicyclic amines) is 1. The monoisotopic (exact) mass is 154 g/mol. The van der Waals surface area contributed by atoms with Crippen molar-refractivity contribution in [1.82, 2.24) is 4.90 Å². The number of piperidine rings is 1. The van der Waals surface area contributed by atoms with Crippen molar-refractivity contribution in [2.75, 3.05) is 20.1 Å². The zero-order valence-electron chi connectivity index (χ0n) is 7.34. The van der Waals surface area contributed by atoms with Gasteiger partial charge in [0.25, 0.3) is 0 Å². The van der Waals surface area contributed by atoms with Gasteiger partial charge in [-0.05, 0) is 51.2 Å². The summed E-state index contributed by atoms with van der Waals surface area (Å²) in [5.41, 5.74) is 6.59. The second kappa shape index (κ2) is 2.46. The fourth-order valence-corrected chi connectivity index (χ4v) is 2.40. The molecule has 1 atom stereocenters. The van der Waals surface area contributed by atoms with Gasteiger partial charge in [-0.1, -0.05) is 0 Å². The van der Waals surface area contributed by atoms with Gasteiger partial charge in [0, 0.05) is 6.04 Å². The van der Waals surface area contributed by atoms with Crippen LogP contribution in [-0.4, -0.2) is 31.1 Å². The van der Waals surface area contributed by atoms with Crippen LogP contribution in [0.5, 0.6) is 0 Å². The second-order valence-electron chi connectivity index (χ2n) is 4.31. The van der Waals surface area contributed by atoms with Crippen molar-refractivity contribution < 1.29 is 0 Å². The fourth-order valence-electron chi connectivity index (χ4n) is 2.40. The molecule has 1 aliphatic carbocycles. The highest BCUT2D eigenvalue weighted by Gasteiger charge is 2.45. The molecule has 11 heavy (non-hydrogen) atoms. The quantitative estimate of drug-likeness (QED) is 0.559. The molecular weight excluding hydrogens is 136 g/mol. The smallest absolute Gasteiger partial charge is 0.00967 e. The number of rotatable bonds is 0. The molecule has 2 rings (SSSR count). The Kier molecular flexibility index (Phi) is 1.69. The van der Waals surface area contributed by atoms with Crippen molar-refractivity contribution in [3.8, 4) is 0 Å². The van der Waals surface area contributed by atoms with Crippen LogP contribution in [0, 0.1) is 5.41 Å². The van der Waals surface area contributed by atoms with Crippen LogP contribution in [0.1, 0.15) is 25.7 Å². The molecule has 0 unspecified atom stereocenters. The van der Waals surface area contributed by atoms with Gasteiger partial charge in [-0.25, -0.2) is 0 Å². The topological polar surface area (TPSA) is 29.3 Å². The van der Waals surface area contributed by atoms with Crippen LogP contribution in [0.15, 0.2) is 0 Å². The van der Waals surface area contributed by atoms with E-state index in [0.29, 0.717) is 11.5 Å². The van der Waals surface area contributed by atoms with Gasteiger partial charge in [0.1, 0.15) is 0 Å². The van der Waals surface area contributed by atoms with Crippen molar-refractivity contribution in [3.05, 3.63) is 0 Å². The SMILES string of the molecule is CN1CCC2(CC[C@@H]2N)CC1. The first-order valence-electron chi connectivity index (χ1n) is 4.67. The third kappa shape index (κ3) is 1.09. The zero-order chi connectivity index (χ0) is 7.90. The molecule has 2 N–H and O–H groups in total. The summed E-state index contributed by atoms with van der Waals surface area (Å²) in [6, 6.07) is 0.524. The Labute approximate surface area is 68.7 Å². The molecule has 1 aliphatic heterocycles. The lowest BCUT2D eigenvalue weighted by molar-refractivity contribution is 0.0182. The van der Waals surface area contributed by atoms with E-state index in [9.17, 15) is 0 Å². The summed E-state index contributed by atoms with van der Waals surface area (Å²) in [6.07, 6.45) is 5.33. The third-order valence-electron chi connectivity index (χ3n) is 3.72. The van der Waals surface area contributed by atoms with Crippen molar-refractivity contribution in [3.63, 3.8) is 0 Å². The highest BCUT2D eigenvalue weighted by atomic mass is 15.1. The lowest BCUT2D eigenvalue weighted by Crippen LogP contribution is -2.55. The van der Waals surface area contributed by atoms with E-state index < -0.39 is 0 Å². The summed E-state index contributed by atoms with van der Waals surface area (Å²) >= 11 is 0. The lowest BCUT2D eigenvalue weighted by Gasteiger charge is -2.52. The van der Waals surface area contributed by atoms with Gasteiger partial charge >= 0.3 is 0 Å². The number of nitrogens with zero attached hydrogens (tertiary/aromatic N) is 1. The summed E-state index contributed by atoms with van der Waals surface area (Å²) in [5.74, 6) is 0. The summed E-state index contributed by atoms with van der Waals surface area (Å²) in [5, 5.41) is 0. The fraction of sp³-hybridized carbons (Fsp3) is 1.00. The van der Waals surface area contributed by atoms with Crippen molar-refractivity contribution in [2.24, 2.45) is 11.1 Å². The standard InChI is InChI=1S/C9H18N2/c1-11-6-4-9(5-7-11)3-2-8(9)10/h8H,2-7,10H2,1H3/t8-/m0/s1. The van der Waals surface area contributed by atoms with Crippen LogP contribution >= 0.6 is 0 Å². The molecule has 0 radical (unpaired) electrons. The minimum atomic E-state index is 0.524. The van der Waals surface area contributed by atoms with Crippen LogP contribution in [0.4, 0.5) is 0 Å². The molecule has 1 heterocycles. The Balaban J connectivity index is 1.96. The molecule has 0 aromatic carbocycles. The van der Waals surface area contributed by atoms with Gasteiger partial charge in [0.15, 0.2) is 0 Å². The van der Waals surface area contributed by atoms with Crippen molar-refractivity contribution in [2.45, 2.75) is 31.7 Å². The Hall–Kier alpha value is -0.0800. The van der Waals surface area contributed by atoms with Crippen LogP contribution in [0.25, 0.3) is 0 Å². The lowest BCUT2D eigenvalue weighted by atomic mass is 9.60. The molecule has 64 valence electrons. The normalized spacial score (nSPS) is 37.1. The highest BCUT2D eigenvalue weighted by Crippen LogP contribution is 2.47. The summed E-state index contributed by atoms with van der Waals surface area (Å²) in [6.45, 7) is 2.52. The molecular formula is C9H18N2. The first kappa shape index (κ1) is 7.56. The first-order valence-corrected chi connectivity index (χ1v) is 4.67. The summed E-state index contributed by atoms with van der Waals surface area (Å²) < 4.78 is 0. The molecule has 1 spiro atoms. The molecule has 0 amide bonds. The first-order chi connectivity index (χ1) is 5.23. The average Bonchev–Trinajstić information content (AvgIpc) is 2.03. The van der Waals surface area contributed by atoms with Crippen LogP contribution < -0.4 is 5.73 Å². The van der Waals surface area contributed by atoms with E-state index in [0.717, 1.165) is 0 Å². The predicted molar refractivity (Wildman–Crippen MR) is 46.4 cm³/mol. The molecule has 2 heteroatoms. The van der Waals surface area contributed by atoms with E-state index in [1.165, 1.54) is 38.8 Å². The molecule has 0 aromatic rings. The number of nitrogens with two attached hydrogens (primary N) is 1. The van der Waals surface area contributed by atoms with E-state index >= 15 is 0 Å². The molecule has 1 saturated heterocycles. The van der Waals surface area contributed by atoms with Gasteiger partial charge in [-0.3, -0.25) is 0 Å². The maximum atomic E-state index is 6.02. The molecule has 0 bridgehead atoms.